The molecule has 0 unspecified atom stereocenters. The van der Waals surface area contributed by atoms with E-state index in [0.29, 0.717) is 18.7 Å². The first-order chi connectivity index (χ1) is 14.8. The van der Waals surface area contributed by atoms with Crippen LogP contribution >= 0.6 is 11.6 Å². The number of nitrogens with two attached hydrogens (primary N) is 1. The predicted molar refractivity (Wildman–Crippen MR) is 117 cm³/mol. The normalized spacial score (nSPS) is 13.6. The molecule has 0 radical (unpaired) electrons. The number of carboxylic acid groups (broad SMARTS) is 1. The Morgan fingerprint density at radius 3 is 2.10 bits per heavy atom. The van der Waals surface area contributed by atoms with E-state index >= 15 is 0 Å². The Morgan fingerprint density at radius 2 is 1.58 bits per heavy atom. The summed E-state index contributed by atoms with van der Waals surface area (Å²) in [6, 6.07) is 16.2. The summed E-state index contributed by atoms with van der Waals surface area (Å²) < 4.78 is 0. The molecule has 2 aromatic rings. The molecule has 166 valence electrons. The van der Waals surface area contributed by atoms with Gasteiger partial charge in [-0.3, -0.25) is 19.9 Å². The Labute approximate surface area is 185 Å². The van der Waals surface area contributed by atoms with E-state index in [9.17, 15) is 14.4 Å². The maximum absolute atomic E-state index is 11.8. The first-order valence-corrected chi connectivity index (χ1v) is 10.0. The number of hydrogen-bond donors (Lipinski definition) is 4. The van der Waals surface area contributed by atoms with Gasteiger partial charge in [-0.05, 0) is 29.8 Å². The fourth-order valence-corrected chi connectivity index (χ4v) is 2.96. The van der Waals surface area contributed by atoms with Crippen LogP contribution in [0, 0.1) is 0 Å². The second-order valence-corrected chi connectivity index (χ2v) is 7.23. The van der Waals surface area contributed by atoms with Gasteiger partial charge in [0.2, 0.25) is 5.91 Å². The molecule has 3 amide bonds. The number of hydrogen-bond acceptors (Lipinski definition) is 5. The van der Waals surface area contributed by atoms with Crippen molar-refractivity contribution in [3.63, 3.8) is 0 Å². The molecular formula is C21H26ClN5O4. The molecule has 1 aliphatic rings. The molecule has 1 aliphatic heterocycles. The van der Waals surface area contributed by atoms with Gasteiger partial charge in [-0.1, -0.05) is 41.9 Å². The number of hydrazine groups is 1. The highest BCUT2D eigenvalue weighted by atomic mass is 35.5. The second kappa shape index (κ2) is 12.5. The molecule has 0 bridgehead atoms. The average molecular weight is 448 g/mol. The van der Waals surface area contributed by atoms with Crippen LogP contribution in [0.5, 0.6) is 0 Å². The van der Waals surface area contributed by atoms with Crippen molar-refractivity contribution in [1.29, 1.82) is 0 Å². The Kier molecular flexibility index (Phi) is 9.76. The van der Waals surface area contributed by atoms with Gasteiger partial charge in [0.25, 0.3) is 0 Å². The van der Waals surface area contributed by atoms with Crippen LogP contribution in [0.15, 0.2) is 54.6 Å². The first-order valence-electron chi connectivity index (χ1n) is 9.66. The van der Waals surface area contributed by atoms with Crippen LogP contribution in [0.2, 0.25) is 5.02 Å². The number of nitrogens with one attached hydrogen (secondary N) is 2. The number of primary amides is 1. The molecule has 2 aromatic carbocycles. The lowest BCUT2D eigenvalue weighted by atomic mass is 10.2. The number of amides is 3. The van der Waals surface area contributed by atoms with Gasteiger partial charge in [0.05, 0.1) is 0 Å². The smallest absolute Gasteiger partial charge is 0.331 e. The maximum Gasteiger partial charge on any atom is 0.331 e. The molecule has 3 rings (SSSR count). The van der Waals surface area contributed by atoms with Crippen LogP contribution in [0.25, 0.3) is 0 Å². The highest BCUT2D eigenvalue weighted by molar-refractivity contribution is 6.30. The molecule has 5 N–H and O–H groups in total. The monoisotopic (exact) mass is 447 g/mol. The Bertz CT molecular complexity index is 856. The minimum absolute atomic E-state index is 0.299. The lowest BCUT2D eigenvalue weighted by Crippen LogP contribution is -2.54. The van der Waals surface area contributed by atoms with E-state index < -0.39 is 5.97 Å². The fraction of sp³-hybridized carbons (Fsp3) is 0.286. The molecule has 0 spiro atoms. The summed E-state index contributed by atoms with van der Waals surface area (Å²) in [7, 11) is 0. The Balaban J connectivity index is 0.000000316. The lowest BCUT2D eigenvalue weighted by Gasteiger charge is -2.34. The molecule has 1 heterocycles. The minimum Gasteiger partial charge on any atom is -0.480 e. The predicted octanol–water partition coefficient (Wildman–Crippen LogP) is 1.54. The summed E-state index contributed by atoms with van der Waals surface area (Å²) in [6.07, 6.45) is 0. The number of nitrogens with zero attached hydrogens (tertiary/aromatic N) is 2. The van der Waals surface area contributed by atoms with Crippen LogP contribution in [-0.2, 0) is 11.3 Å². The third-order valence-corrected chi connectivity index (χ3v) is 4.72. The topological polar surface area (TPSA) is 128 Å². The zero-order chi connectivity index (χ0) is 22.6. The van der Waals surface area contributed by atoms with Crippen molar-refractivity contribution >= 4 is 29.5 Å². The molecule has 0 aliphatic carbocycles. The van der Waals surface area contributed by atoms with E-state index in [1.54, 1.807) is 29.2 Å². The third kappa shape index (κ3) is 9.04. The molecule has 0 atom stereocenters. The summed E-state index contributed by atoms with van der Waals surface area (Å²) >= 11 is 5.86. The second-order valence-electron chi connectivity index (χ2n) is 6.80. The Hall–Kier alpha value is -3.14. The number of aliphatic carboxylic acids is 1. The number of urea groups is 1. The van der Waals surface area contributed by atoms with E-state index in [0.717, 1.165) is 24.7 Å². The molecule has 1 fully saturated rings. The number of carbonyl (C=O) groups excluding carboxylic acids is 2. The van der Waals surface area contributed by atoms with Crippen LogP contribution in [-0.4, -0.2) is 65.5 Å². The molecule has 1 saturated heterocycles. The van der Waals surface area contributed by atoms with Crippen molar-refractivity contribution in [2.75, 3.05) is 32.7 Å². The van der Waals surface area contributed by atoms with Crippen molar-refractivity contribution in [3.05, 3.63) is 70.7 Å². The minimum atomic E-state index is -1.02. The van der Waals surface area contributed by atoms with E-state index in [2.05, 4.69) is 15.8 Å². The molecule has 0 aromatic heterocycles. The standard InChI is InChI=1S/C14H19ClN4O3.C7H7NO/c15-12-3-1-11(2-4-12)10-18-5-7-19(8-6-18)14(22)17-16-9-13(20)21;8-7(9)6-4-2-1-3-5-6/h1-4,16H,5-10H2,(H,17,22)(H,20,21);1-5H,(H2,8,9). The van der Waals surface area contributed by atoms with Gasteiger partial charge in [0.1, 0.15) is 6.54 Å². The van der Waals surface area contributed by atoms with Gasteiger partial charge in [-0.2, -0.15) is 0 Å². The van der Waals surface area contributed by atoms with E-state index in [4.69, 9.17) is 22.4 Å². The largest absolute Gasteiger partial charge is 0.480 e. The van der Waals surface area contributed by atoms with Crippen molar-refractivity contribution in [3.8, 4) is 0 Å². The maximum atomic E-state index is 11.8. The van der Waals surface area contributed by atoms with Crippen LogP contribution < -0.4 is 16.6 Å². The summed E-state index contributed by atoms with van der Waals surface area (Å²) in [4.78, 5) is 36.5. The first kappa shape index (κ1) is 24.1. The SMILES string of the molecule is NC(=O)c1ccccc1.O=C(O)CNNC(=O)N1CCN(Cc2ccc(Cl)cc2)CC1. The van der Waals surface area contributed by atoms with Gasteiger partial charge >= 0.3 is 12.0 Å². The fourth-order valence-electron chi connectivity index (χ4n) is 2.83. The van der Waals surface area contributed by atoms with Crippen LogP contribution in [0.1, 0.15) is 15.9 Å². The van der Waals surface area contributed by atoms with Crippen molar-refractivity contribution in [1.82, 2.24) is 20.7 Å². The van der Waals surface area contributed by atoms with Gasteiger partial charge in [0.15, 0.2) is 0 Å². The molecule has 9 nitrogen and oxygen atoms in total. The molecule has 31 heavy (non-hydrogen) atoms. The van der Waals surface area contributed by atoms with Crippen LogP contribution in [0.4, 0.5) is 4.79 Å². The summed E-state index contributed by atoms with van der Waals surface area (Å²) in [6.45, 7) is 3.28. The van der Waals surface area contributed by atoms with E-state index in [1.807, 2.05) is 30.3 Å². The van der Waals surface area contributed by atoms with E-state index in [1.165, 1.54) is 5.56 Å². The number of rotatable bonds is 6. The number of halogens is 1. The van der Waals surface area contributed by atoms with Gasteiger partial charge in [-0.15, -0.1) is 0 Å². The van der Waals surface area contributed by atoms with Gasteiger partial charge in [-0.25, -0.2) is 10.2 Å². The number of benzene rings is 2. The van der Waals surface area contributed by atoms with Gasteiger partial charge < -0.3 is 15.7 Å². The van der Waals surface area contributed by atoms with Crippen LogP contribution in [0.3, 0.4) is 0 Å². The summed E-state index contributed by atoms with van der Waals surface area (Å²) in [5.41, 5.74) is 11.5. The van der Waals surface area contributed by atoms with E-state index in [-0.39, 0.29) is 18.5 Å². The third-order valence-electron chi connectivity index (χ3n) is 4.47. The number of carbonyl (C=O) groups is 3. The Morgan fingerprint density at radius 1 is 0.968 bits per heavy atom. The molecule has 0 saturated carbocycles. The van der Waals surface area contributed by atoms with Crippen molar-refractivity contribution in [2.45, 2.75) is 6.54 Å². The lowest BCUT2D eigenvalue weighted by molar-refractivity contribution is -0.136. The summed E-state index contributed by atoms with van der Waals surface area (Å²) in [5.74, 6) is -1.40. The highest BCUT2D eigenvalue weighted by Gasteiger charge is 2.20. The van der Waals surface area contributed by atoms with Gasteiger partial charge in [0, 0.05) is 43.3 Å². The zero-order valence-corrected chi connectivity index (χ0v) is 17.7. The summed E-state index contributed by atoms with van der Waals surface area (Å²) in [5, 5.41) is 9.21. The molecule has 10 heteroatoms. The number of piperazine rings is 1. The highest BCUT2D eigenvalue weighted by Crippen LogP contribution is 2.12. The molecular weight excluding hydrogens is 422 g/mol. The quantitative estimate of drug-likeness (QED) is 0.497. The zero-order valence-electron chi connectivity index (χ0n) is 17.0. The van der Waals surface area contributed by atoms with Crippen molar-refractivity contribution in [2.24, 2.45) is 5.73 Å². The van der Waals surface area contributed by atoms with Crippen molar-refractivity contribution < 1.29 is 19.5 Å². The number of carboxylic acids is 1. The average Bonchev–Trinajstić information content (AvgIpc) is 2.76.